The molecule has 2 N–H and O–H groups in total. The van der Waals surface area contributed by atoms with Crippen molar-refractivity contribution in [2.75, 3.05) is 13.1 Å². The molecule has 6 heteroatoms. The molecular formula is C14H20N2O3S. The molecule has 2 rings (SSSR count). The van der Waals surface area contributed by atoms with Gasteiger partial charge in [-0.05, 0) is 18.4 Å². The van der Waals surface area contributed by atoms with Gasteiger partial charge in [0.1, 0.15) is 0 Å². The normalized spacial score (nSPS) is 18.2. The molecule has 2 atom stereocenters. The van der Waals surface area contributed by atoms with Crippen molar-refractivity contribution in [3.8, 4) is 0 Å². The second kappa shape index (κ2) is 6.26. The smallest absolute Gasteiger partial charge is 0.317 e. The highest BCUT2D eigenvalue weighted by molar-refractivity contribution is 7.09. The quantitative estimate of drug-likeness (QED) is 0.873. The van der Waals surface area contributed by atoms with Crippen molar-refractivity contribution in [2.45, 2.75) is 26.3 Å². The molecule has 1 fully saturated rings. The molecule has 1 saturated heterocycles. The first kappa shape index (κ1) is 14.8. The molecule has 1 aromatic heterocycles. The molecule has 1 aliphatic heterocycles. The molecule has 0 radical (unpaired) electrons. The molecule has 0 spiro atoms. The van der Waals surface area contributed by atoms with Gasteiger partial charge in [-0.15, -0.1) is 11.3 Å². The molecule has 0 bridgehead atoms. The van der Waals surface area contributed by atoms with Crippen LogP contribution in [0.5, 0.6) is 0 Å². The number of likely N-dealkylation sites (tertiary alicyclic amines) is 1. The maximum absolute atomic E-state index is 12.0. The monoisotopic (exact) mass is 296 g/mol. The Morgan fingerprint density at radius 2 is 2.20 bits per heavy atom. The Balaban J connectivity index is 1.73. The molecule has 2 amide bonds. The van der Waals surface area contributed by atoms with Crippen LogP contribution < -0.4 is 5.32 Å². The van der Waals surface area contributed by atoms with E-state index >= 15 is 0 Å². The minimum Gasteiger partial charge on any atom is -0.481 e. The highest BCUT2D eigenvalue weighted by Crippen LogP contribution is 2.24. The van der Waals surface area contributed by atoms with Crippen molar-refractivity contribution >= 4 is 23.3 Å². The number of carboxylic acids is 1. The van der Waals surface area contributed by atoms with Gasteiger partial charge in [0.25, 0.3) is 0 Å². The van der Waals surface area contributed by atoms with Gasteiger partial charge in [-0.2, -0.15) is 0 Å². The summed E-state index contributed by atoms with van der Waals surface area (Å²) in [6, 6.07) is 4.05. The van der Waals surface area contributed by atoms with Gasteiger partial charge in [-0.25, -0.2) is 4.79 Å². The predicted molar refractivity (Wildman–Crippen MR) is 77.9 cm³/mol. The van der Waals surface area contributed by atoms with Crippen LogP contribution in [0.2, 0.25) is 0 Å². The first-order valence-corrected chi connectivity index (χ1v) is 7.66. The molecule has 2 unspecified atom stereocenters. The van der Waals surface area contributed by atoms with Crippen LogP contribution in [-0.2, 0) is 11.2 Å². The number of thiophene rings is 1. The van der Waals surface area contributed by atoms with Crippen molar-refractivity contribution < 1.29 is 14.7 Å². The topological polar surface area (TPSA) is 69.6 Å². The van der Waals surface area contributed by atoms with E-state index in [1.807, 2.05) is 18.4 Å². The van der Waals surface area contributed by atoms with Gasteiger partial charge < -0.3 is 15.3 Å². The van der Waals surface area contributed by atoms with E-state index in [4.69, 9.17) is 5.11 Å². The van der Waals surface area contributed by atoms with Gasteiger partial charge >= 0.3 is 12.0 Å². The van der Waals surface area contributed by atoms with E-state index in [2.05, 4.69) is 11.4 Å². The van der Waals surface area contributed by atoms with Crippen molar-refractivity contribution in [3.05, 3.63) is 22.4 Å². The van der Waals surface area contributed by atoms with E-state index in [0.717, 1.165) is 6.42 Å². The SMILES string of the molecule is CC(Cc1cccs1)NC(=O)N1CC(C(C)C(=O)O)C1. The third kappa shape index (κ3) is 3.50. The lowest BCUT2D eigenvalue weighted by Crippen LogP contribution is -2.57. The van der Waals surface area contributed by atoms with Crippen LogP contribution in [-0.4, -0.2) is 41.1 Å². The number of hydrogen-bond donors (Lipinski definition) is 2. The second-order valence-electron chi connectivity index (χ2n) is 5.43. The lowest BCUT2D eigenvalue weighted by Gasteiger charge is -2.41. The van der Waals surface area contributed by atoms with Gasteiger partial charge in [0.05, 0.1) is 5.92 Å². The number of nitrogens with zero attached hydrogens (tertiary/aromatic N) is 1. The van der Waals surface area contributed by atoms with Gasteiger partial charge in [-0.1, -0.05) is 13.0 Å². The summed E-state index contributed by atoms with van der Waals surface area (Å²) < 4.78 is 0. The molecule has 110 valence electrons. The fraction of sp³-hybridized carbons (Fsp3) is 0.571. The zero-order chi connectivity index (χ0) is 14.7. The van der Waals surface area contributed by atoms with Gasteiger partial charge in [0.15, 0.2) is 0 Å². The first-order valence-electron chi connectivity index (χ1n) is 6.78. The summed E-state index contributed by atoms with van der Waals surface area (Å²) in [5.74, 6) is -1.10. The lowest BCUT2D eigenvalue weighted by atomic mass is 9.87. The fourth-order valence-electron chi connectivity index (χ4n) is 2.28. The summed E-state index contributed by atoms with van der Waals surface area (Å²) in [4.78, 5) is 25.7. The minimum atomic E-state index is -0.791. The number of aliphatic carboxylic acids is 1. The summed E-state index contributed by atoms with van der Waals surface area (Å²) in [7, 11) is 0. The summed E-state index contributed by atoms with van der Waals surface area (Å²) in [5.41, 5.74) is 0. The summed E-state index contributed by atoms with van der Waals surface area (Å²) in [5, 5.41) is 13.9. The Morgan fingerprint density at radius 1 is 1.50 bits per heavy atom. The average Bonchev–Trinajstić information content (AvgIpc) is 2.78. The molecule has 0 aliphatic carbocycles. The Hall–Kier alpha value is -1.56. The number of carbonyl (C=O) groups excluding carboxylic acids is 1. The van der Waals surface area contributed by atoms with E-state index in [0.29, 0.717) is 13.1 Å². The van der Waals surface area contributed by atoms with Crippen LogP contribution in [0.4, 0.5) is 4.79 Å². The van der Waals surface area contributed by atoms with Crippen molar-refractivity contribution in [2.24, 2.45) is 11.8 Å². The average molecular weight is 296 g/mol. The zero-order valence-electron chi connectivity index (χ0n) is 11.7. The fourth-order valence-corrected chi connectivity index (χ4v) is 3.12. The van der Waals surface area contributed by atoms with Crippen LogP contribution >= 0.6 is 11.3 Å². The van der Waals surface area contributed by atoms with E-state index in [1.165, 1.54) is 4.88 Å². The second-order valence-corrected chi connectivity index (χ2v) is 6.46. The largest absolute Gasteiger partial charge is 0.481 e. The Bertz CT molecular complexity index is 469. The molecule has 2 heterocycles. The number of amides is 2. The summed E-state index contributed by atoms with van der Waals surface area (Å²) in [6.07, 6.45) is 0.826. The Labute approximate surface area is 122 Å². The minimum absolute atomic E-state index is 0.0749. The number of rotatable bonds is 5. The van der Waals surface area contributed by atoms with E-state index in [-0.39, 0.29) is 23.9 Å². The number of carbonyl (C=O) groups is 2. The third-order valence-corrected chi connectivity index (χ3v) is 4.65. The maximum atomic E-state index is 12.0. The predicted octanol–water partition coefficient (Wildman–Crippen LogP) is 2.04. The number of nitrogens with one attached hydrogen (secondary N) is 1. The standard InChI is InChI=1S/C14H20N2O3S/c1-9(6-12-4-3-5-20-12)15-14(19)16-7-11(8-16)10(2)13(17)18/h3-5,9-11H,6-8H2,1-2H3,(H,15,19)(H,17,18). The molecule has 1 aliphatic rings. The third-order valence-electron chi connectivity index (χ3n) is 3.75. The van der Waals surface area contributed by atoms with Crippen molar-refractivity contribution in [1.82, 2.24) is 10.2 Å². The number of hydrogen-bond acceptors (Lipinski definition) is 3. The van der Waals surface area contributed by atoms with E-state index in [9.17, 15) is 9.59 Å². The molecule has 5 nitrogen and oxygen atoms in total. The lowest BCUT2D eigenvalue weighted by molar-refractivity contribution is -0.144. The van der Waals surface area contributed by atoms with Crippen LogP contribution in [0.3, 0.4) is 0 Å². The maximum Gasteiger partial charge on any atom is 0.317 e. The van der Waals surface area contributed by atoms with Crippen LogP contribution in [0.15, 0.2) is 17.5 Å². The molecule has 0 saturated carbocycles. The number of urea groups is 1. The summed E-state index contributed by atoms with van der Waals surface area (Å²) in [6.45, 7) is 4.74. The molecule has 20 heavy (non-hydrogen) atoms. The van der Waals surface area contributed by atoms with Gasteiger partial charge in [0.2, 0.25) is 0 Å². The van der Waals surface area contributed by atoms with Crippen LogP contribution in [0.25, 0.3) is 0 Å². The van der Waals surface area contributed by atoms with Gasteiger partial charge in [0, 0.05) is 36.3 Å². The first-order chi connectivity index (χ1) is 9.47. The van der Waals surface area contributed by atoms with Crippen LogP contribution in [0, 0.1) is 11.8 Å². The Morgan fingerprint density at radius 3 is 2.75 bits per heavy atom. The molecular weight excluding hydrogens is 276 g/mol. The van der Waals surface area contributed by atoms with E-state index < -0.39 is 5.97 Å². The highest BCUT2D eigenvalue weighted by Gasteiger charge is 2.37. The van der Waals surface area contributed by atoms with Gasteiger partial charge in [-0.3, -0.25) is 4.79 Å². The highest BCUT2D eigenvalue weighted by atomic mass is 32.1. The van der Waals surface area contributed by atoms with E-state index in [1.54, 1.807) is 23.2 Å². The van der Waals surface area contributed by atoms with Crippen molar-refractivity contribution in [3.63, 3.8) is 0 Å². The van der Waals surface area contributed by atoms with Crippen molar-refractivity contribution in [1.29, 1.82) is 0 Å². The Kier molecular flexibility index (Phi) is 4.65. The molecule has 1 aromatic rings. The molecule has 0 aromatic carbocycles. The van der Waals surface area contributed by atoms with Crippen LogP contribution in [0.1, 0.15) is 18.7 Å². The number of carboxylic acid groups (broad SMARTS) is 1. The zero-order valence-corrected chi connectivity index (χ0v) is 12.5. The summed E-state index contributed by atoms with van der Waals surface area (Å²) >= 11 is 1.68.